The zero-order chi connectivity index (χ0) is 9.07. The molecule has 0 spiro atoms. The third-order valence-electron chi connectivity index (χ3n) is 1.14. The normalized spacial score (nSPS) is 18.0. The van der Waals surface area contributed by atoms with Crippen LogP contribution in [0.1, 0.15) is 13.8 Å². The third kappa shape index (κ3) is 6.45. The lowest BCUT2D eigenvalue weighted by molar-refractivity contribution is 0.165. The van der Waals surface area contributed by atoms with Crippen molar-refractivity contribution in [2.24, 2.45) is 0 Å². The molecule has 2 unspecified atom stereocenters. The van der Waals surface area contributed by atoms with Gasteiger partial charge >= 0.3 is 0 Å². The lowest BCUT2D eigenvalue weighted by atomic mass is 10.7. The molecule has 2 atom stereocenters. The molecule has 0 amide bonds. The molecule has 0 aromatic heterocycles. The molecule has 5 heteroatoms. The molecule has 0 aliphatic carbocycles. The summed E-state index contributed by atoms with van der Waals surface area (Å²) in [5, 5.41) is 18.0. The van der Waals surface area contributed by atoms with Gasteiger partial charge in [-0.1, -0.05) is 0 Å². The van der Waals surface area contributed by atoms with Gasteiger partial charge in [0.15, 0.2) is 8.40 Å². The van der Waals surface area contributed by atoms with Crippen molar-refractivity contribution in [3.05, 3.63) is 0 Å². The number of aliphatic hydroxyl groups is 2. The molecule has 0 aromatic carbocycles. The maximum atomic E-state index is 9.00. The van der Waals surface area contributed by atoms with Crippen molar-refractivity contribution in [3.8, 4) is 0 Å². The molecule has 0 saturated heterocycles. The Morgan fingerprint density at radius 3 is 1.45 bits per heavy atom. The zero-order valence-electron chi connectivity index (χ0n) is 7.55. The van der Waals surface area contributed by atoms with Gasteiger partial charge in [0.25, 0.3) is 0 Å². The fraction of sp³-hybridized carbons (Fsp3) is 1.00. The predicted octanol–water partition coefficient (Wildman–Crippen LogP) is -0.456. The molecule has 0 radical (unpaired) electrons. The van der Waals surface area contributed by atoms with Crippen LogP contribution in [0.15, 0.2) is 0 Å². The van der Waals surface area contributed by atoms with Gasteiger partial charge in [0.2, 0.25) is 0 Å². The summed E-state index contributed by atoms with van der Waals surface area (Å²) in [6.45, 7) is 7.29. The minimum atomic E-state index is -1.83. The van der Waals surface area contributed by atoms with Crippen molar-refractivity contribution in [3.63, 3.8) is 0 Å². The van der Waals surface area contributed by atoms with Crippen LogP contribution in [0.25, 0.3) is 0 Å². The van der Waals surface area contributed by atoms with E-state index in [9.17, 15) is 0 Å². The van der Waals surface area contributed by atoms with Crippen LogP contribution < -0.4 is 9.96 Å². The molecular weight excluding hydrogens is 160 g/mol. The van der Waals surface area contributed by atoms with Gasteiger partial charge in [0.05, 0.1) is 12.5 Å². The first-order chi connectivity index (χ1) is 4.83. The topological polar surface area (TPSA) is 64.5 Å². The van der Waals surface area contributed by atoms with Gasteiger partial charge < -0.3 is 20.2 Å². The van der Waals surface area contributed by atoms with E-state index in [2.05, 4.69) is 9.96 Å². The van der Waals surface area contributed by atoms with Crippen LogP contribution in [0.5, 0.6) is 0 Å². The van der Waals surface area contributed by atoms with Crippen molar-refractivity contribution >= 4 is 8.40 Å². The fourth-order valence-electron chi connectivity index (χ4n) is 1.09. The van der Waals surface area contributed by atoms with Crippen LogP contribution >= 0.6 is 0 Å². The van der Waals surface area contributed by atoms with Crippen molar-refractivity contribution in [1.29, 1.82) is 0 Å². The summed E-state index contributed by atoms with van der Waals surface area (Å²) in [4.78, 5) is 5.95. The summed E-state index contributed by atoms with van der Waals surface area (Å²) in [6, 6.07) is 0. The molecule has 0 aliphatic rings. The molecule has 11 heavy (non-hydrogen) atoms. The minimum absolute atomic E-state index is 0.525. The second-order valence-corrected chi connectivity index (χ2v) is 7.09. The predicted molar refractivity (Wildman–Crippen MR) is 47.1 cm³/mol. The van der Waals surface area contributed by atoms with Gasteiger partial charge in [-0.2, -0.15) is 0 Å². The molecule has 4 nitrogen and oxygen atoms in total. The van der Waals surface area contributed by atoms with Gasteiger partial charge in [0.1, 0.15) is 0 Å². The first-order valence-corrected chi connectivity index (χ1v) is 6.75. The highest BCUT2D eigenvalue weighted by Crippen LogP contribution is 1.94. The van der Waals surface area contributed by atoms with Crippen LogP contribution in [0.4, 0.5) is 0 Å². The monoisotopic (exact) mass is 178 g/mol. The molecule has 0 aromatic rings. The molecule has 0 saturated carbocycles. The summed E-state index contributed by atoms with van der Waals surface area (Å²) in [6.07, 6.45) is -1.05. The standard InChI is InChI=1S/C6H18N2O2Si/c1-5(9)7-11(3,4)8-6(2)10/h5-10H,1-4H3. The van der Waals surface area contributed by atoms with E-state index in [1.54, 1.807) is 13.8 Å². The summed E-state index contributed by atoms with van der Waals surface area (Å²) in [5.74, 6) is 0. The largest absolute Gasteiger partial charge is 0.380 e. The Morgan fingerprint density at radius 1 is 1.00 bits per heavy atom. The first kappa shape index (κ1) is 11.1. The van der Waals surface area contributed by atoms with Gasteiger partial charge in [-0.15, -0.1) is 0 Å². The highest BCUT2D eigenvalue weighted by atomic mass is 28.3. The van der Waals surface area contributed by atoms with E-state index in [0.29, 0.717) is 0 Å². The van der Waals surface area contributed by atoms with Crippen LogP contribution in [0.3, 0.4) is 0 Å². The van der Waals surface area contributed by atoms with Crippen molar-refractivity contribution in [2.75, 3.05) is 0 Å². The van der Waals surface area contributed by atoms with Crippen molar-refractivity contribution < 1.29 is 10.2 Å². The van der Waals surface area contributed by atoms with E-state index in [-0.39, 0.29) is 0 Å². The Labute approximate surface area is 68.8 Å². The average Bonchev–Trinajstić information content (AvgIpc) is 1.53. The SMILES string of the molecule is CC(O)N[Si](C)(C)NC(C)O. The first-order valence-electron chi connectivity index (χ1n) is 3.75. The second-order valence-electron chi connectivity index (χ2n) is 3.27. The molecule has 4 N–H and O–H groups in total. The van der Waals surface area contributed by atoms with Gasteiger partial charge in [-0.05, 0) is 26.9 Å². The Bertz CT molecular complexity index is 105. The summed E-state index contributed by atoms with van der Waals surface area (Å²) in [5.41, 5.74) is 0. The van der Waals surface area contributed by atoms with Crippen LogP contribution in [-0.4, -0.2) is 31.1 Å². The van der Waals surface area contributed by atoms with E-state index < -0.39 is 20.9 Å². The van der Waals surface area contributed by atoms with E-state index in [1.807, 2.05) is 13.1 Å². The number of hydrogen-bond acceptors (Lipinski definition) is 4. The molecular formula is C6H18N2O2Si. The minimum Gasteiger partial charge on any atom is -0.380 e. The van der Waals surface area contributed by atoms with Gasteiger partial charge in [0, 0.05) is 0 Å². The summed E-state index contributed by atoms with van der Waals surface area (Å²) in [7, 11) is -1.83. The fourth-order valence-corrected chi connectivity index (χ4v) is 3.26. The number of hydrogen-bond donors (Lipinski definition) is 4. The van der Waals surface area contributed by atoms with E-state index in [0.717, 1.165) is 0 Å². The quantitative estimate of drug-likeness (QED) is 0.348. The maximum absolute atomic E-state index is 9.00. The molecule has 68 valence electrons. The lowest BCUT2D eigenvalue weighted by Gasteiger charge is -2.28. The highest BCUT2D eigenvalue weighted by molar-refractivity contribution is 6.72. The summed E-state index contributed by atoms with van der Waals surface area (Å²) < 4.78 is 0. The molecule has 0 bridgehead atoms. The molecule has 0 fully saturated rings. The number of rotatable bonds is 4. The molecule has 0 rings (SSSR count). The Kier molecular flexibility index (Phi) is 4.20. The molecule has 0 heterocycles. The third-order valence-corrected chi connectivity index (χ3v) is 3.42. The number of nitrogens with one attached hydrogen (secondary N) is 2. The van der Waals surface area contributed by atoms with Gasteiger partial charge in [-0.3, -0.25) is 0 Å². The highest BCUT2D eigenvalue weighted by Gasteiger charge is 2.23. The number of aliphatic hydroxyl groups excluding tert-OH is 2. The van der Waals surface area contributed by atoms with Crippen LogP contribution in [0, 0.1) is 0 Å². The van der Waals surface area contributed by atoms with E-state index in [4.69, 9.17) is 10.2 Å². The van der Waals surface area contributed by atoms with Crippen molar-refractivity contribution in [1.82, 2.24) is 9.96 Å². The second kappa shape index (κ2) is 4.17. The van der Waals surface area contributed by atoms with E-state index in [1.165, 1.54) is 0 Å². The Balaban J connectivity index is 3.79. The maximum Gasteiger partial charge on any atom is 0.198 e. The van der Waals surface area contributed by atoms with Crippen LogP contribution in [-0.2, 0) is 0 Å². The van der Waals surface area contributed by atoms with Crippen LogP contribution in [0.2, 0.25) is 13.1 Å². The lowest BCUT2D eigenvalue weighted by Crippen LogP contribution is -2.62. The Hall–Kier alpha value is 0.0569. The average molecular weight is 178 g/mol. The van der Waals surface area contributed by atoms with E-state index >= 15 is 0 Å². The zero-order valence-corrected chi connectivity index (χ0v) is 8.55. The van der Waals surface area contributed by atoms with Gasteiger partial charge in [-0.25, -0.2) is 0 Å². The summed E-state index contributed by atoms with van der Waals surface area (Å²) >= 11 is 0. The molecule has 0 aliphatic heterocycles. The Morgan fingerprint density at radius 2 is 1.27 bits per heavy atom. The van der Waals surface area contributed by atoms with Crippen molar-refractivity contribution in [2.45, 2.75) is 39.4 Å². The smallest absolute Gasteiger partial charge is 0.198 e.